The summed E-state index contributed by atoms with van der Waals surface area (Å²) in [5.74, 6) is 2.59. The lowest BCUT2D eigenvalue weighted by atomic mass is 10.1. The van der Waals surface area contributed by atoms with E-state index in [9.17, 15) is 4.79 Å². The normalized spacial score (nSPS) is 17.3. The highest BCUT2D eigenvalue weighted by Crippen LogP contribution is 2.33. The second-order valence-corrected chi connectivity index (χ2v) is 6.25. The Morgan fingerprint density at radius 1 is 1.42 bits per heavy atom. The molecule has 3 heterocycles. The van der Waals surface area contributed by atoms with Crippen molar-refractivity contribution in [3.63, 3.8) is 0 Å². The van der Waals surface area contributed by atoms with E-state index in [1.165, 1.54) is 0 Å². The quantitative estimate of drug-likeness (QED) is 0.739. The Balaban J connectivity index is 1.85. The Bertz CT molecular complexity index is 995. The summed E-state index contributed by atoms with van der Waals surface area (Å²) in [7, 11) is 0. The fraction of sp³-hybridized carbons (Fsp3) is 0.263. The molecule has 1 N–H and O–H groups in total. The molecule has 3 aromatic rings. The van der Waals surface area contributed by atoms with Gasteiger partial charge in [-0.3, -0.25) is 9.48 Å². The van der Waals surface area contributed by atoms with Gasteiger partial charge in [-0.25, -0.2) is 0 Å². The van der Waals surface area contributed by atoms with Gasteiger partial charge in [-0.15, -0.1) is 6.42 Å². The first-order valence-electron chi connectivity index (χ1n) is 8.04. The number of benzene rings is 1. The predicted octanol–water partition coefficient (Wildman–Crippen LogP) is 2.47. The van der Waals surface area contributed by atoms with E-state index in [2.05, 4.69) is 27.0 Å². The molecule has 5 heteroatoms. The third-order valence-electron chi connectivity index (χ3n) is 4.67. The number of nitrogens with one attached hydrogen (secondary N) is 1. The van der Waals surface area contributed by atoms with Gasteiger partial charge in [0.05, 0.1) is 17.2 Å². The SMILES string of the molecule is C#Cc1c(N2CC[C@@H](n3cccn3)C2)c2cc(C)ccc2[nH]c1=O. The van der Waals surface area contributed by atoms with Crippen LogP contribution in [0.15, 0.2) is 41.5 Å². The lowest BCUT2D eigenvalue weighted by Crippen LogP contribution is -2.25. The third-order valence-corrected chi connectivity index (χ3v) is 4.67. The number of hydrogen-bond donors (Lipinski definition) is 1. The van der Waals surface area contributed by atoms with Crippen LogP contribution in [0.4, 0.5) is 5.69 Å². The molecule has 24 heavy (non-hydrogen) atoms. The number of anilines is 1. The van der Waals surface area contributed by atoms with E-state index in [1.54, 1.807) is 6.20 Å². The van der Waals surface area contributed by atoms with Gasteiger partial charge in [0.25, 0.3) is 5.56 Å². The van der Waals surface area contributed by atoms with Crippen molar-refractivity contribution in [3.05, 3.63) is 58.1 Å². The molecular formula is C19H18N4O. The molecule has 1 aliphatic rings. The molecule has 0 aliphatic carbocycles. The molecule has 0 saturated carbocycles. The number of terminal acetylenes is 1. The molecular weight excluding hydrogens is 300 g/mol. The number of aromatic amines is 1. The van der Waals surface area contributed by atoms with Crippen LogP contribution in [0.5, 0.6) is 0 Å². The van der Waals surface area contributed by atoms with E-state index >= 15 is 0 Å². The summed E-state index contributed by atoms with van der Waals surface area (Å²) in [6, 6.07) is 8.25. The van der Waals surface area contributed by atoms with Gasteiger partial charge >= 0.3 is 0 Å². The van der Waals surface area contributed by atoms with Crippen LogP contribution in [0.1, 0.15) is 23.6 Å². The van der Waals surface area contributed by atoms with Crippen LogP contribution < -0.4 is 10.5 Å². The molecule has 1 atom stereocenters. The van der Waals surface area contributed by atoms with Crippen molar-refractivity contribution >= 4 is 16.6 Å². The first-order valence-corrected chi connectivity index (χ1v) is 8.04. The van der Waals surface area contributed by atoms with Crippen molar-refractivity contribution in [1.82, 2.24) is 14.8 Å². The minimum atomic E-state index is -0.202. The Labute approximate surface area is 139 Å². The first kappa shape index (κ1) is 14.6. The monoisotopic (exact) mass is 318 g/mol. The number of fused-ring (bicyclic) bond motifs is 1. The largest absolute Gasteiger partial charge is 0.368 e. The molecule has 2 aromatic heterocycles. The lowest BCUT2D eigenvalue weighted by Gasteiger charge is -2.22. The van der Waals surface area contributed by atoms with E-state index in [-0.39, 0.29) is 5.56 Å². The zero-order valence-electron chi connectivity index (χ0n) is 13.5. The Kier molecular flexibility index (Phi) is 3.39. The van der Waals surface area contributed by atoms with Gasteiger partial charge in [0, 0.05) is 30.9 Å². The minimum absolute atomic E-state index is 0.202. The Morgan fingerprint density at radius 2 is 2.29 bits per heavy atom. The van der Waals surface area contributed by atoms with Crippen LogP contribution in [-0.2, 0) is 0 Å². The minimum Gasteiger partial charge on any atom is -0.368 e. The molecule has 1 fully saturated rings. The van der Waals surface area contributed by atoms with E-state index in [4.69, 9.17) is 6.42 Å². The number of hydrogen-bond acceptors (Lipinski definition) is 3. The number of aromatic nitrogens is 3. The van der Waals surface area contributed by atoms with E-state index in [1.807, 2.05) is 36.0 Å². The molecule has 1 aromatic carbocycles. The van der Waals surface area contributed by atoms with Crippen LogP contribution >= 0.6 is 0 Å². The fourth-order valence-electron chi connectivity index (χ4n) is 3.51. The van der Waals surface area contributed by atoms with Gasteiger partial charge in [-0.1, -0.05) is 17.6 Å². The van der Waals surface area contributed by atoms with E-state index < -0.39 is 0 Å². The zero-order valence-corrected chi connectivity index (χ0v) is 13.5. The van der Waals surface area contributed by atoms with Crippen LogP contribution in [0.25, 0.3) is 10.9 Å². The maximum atomic E-state index is 12.4. The van der Waals surface area contributed by atoms with Gasteiger partial charge in [-0.05, 0) is 31.5 Å². The Hall–Kier alpha value is -3.00. The second kappa shape index (κ2) is 5.57. The van der Waals surface area contributed by atoms with E-state index in [0.29, 0.717) is 11.6 Å². The molecule has 1 saturated heterocycles. The summed E-state index contributed by atoms with van der Waals surface area (Å²) in [6.45, 7) is 3.69. The Morgan fingerprint density at radius 3 is 3.04 bits per heavy atom. The maximum Gasteiger partial charge on any atom is 0.266 e. The lowest BCUT2D eigenvalue weighted by molar-refractivity contribution is 0.495. The van der Waals surface area contributed by atoms with Gasteiger partial charge in [0.2, 0.25) is 0 Å². The molecule has 4 rings (SSSR count). The molecule has 120 valence electrons. The van der Waals surface area contributed by atoms with Gasteiger partial charge in [-0.2, -0.15) is 5.10 Å². The predicted molar refractivity (Wildman–Crippen MR) is 95.3 cm³/mol. The van der Waals surface area contributed by atoms with Crippen molar-refractivity contribution in [2.24, 2.45) is 0 Å². The average Bonchev–Trinajstić information content (AvgIpc) is 3.25. The van der Waals surface area contributed by atoms with Crippen LogP contribution in [-0.4, -0.2) is 27.9 Å². The van der Waals surface area contributed by atoms with Crippen LogP contribution in [0, 0.1) is 19.3 Å². The summed E-state index contributed by atoms with van der Waals surface area (Å²) in [5, 5.41) is 5.35. The van der Waals surface area contributed by atoms with Gasteiger partial charge in [0.1, 0.15) is 5.56 Å². The summed E-state index contributed by atoms with van der Waals surface area (Å²) >= 11 is 0. The summed E-state index contributed by atoms with van der Waals surface area (Å²) in [6.07, 6.45) is 10.4. The van der Waals surface area contributed by atoms with E-state index in [0.717, 1.165) is 41.7 Å². The second-order valence-electron chi connectivity index (χ2n) is 6.25. The highest BCUT2D eigenvalue weighted by Gasteiger charge is 2.27. The highest BCUT2D eigenvalue weighted by molar-refractivity contribution is 5.95. The summed E-state index contributed by atoms with van der Waals surface area (Å²) in [4.78, 5) is 17.5. The molecule has 0 bridgehead atoms. The smallest absolute Gasteiger partial charge is 0.266 e. The van der Waals surface area contributed by atoms with Crippen molar-refractivity contribution in [2.75, 3.05) is 18.0 Å². The van der Waals surface area contributed by atoms with Crippen molar-refractivity contribution in [2.45, 2.75) is 19.4 Å². The maximum absolute atomic E-state index is 12.4. The van der Waals surface area contributed by atoms with Crippen LogP contribution in [0.2, 0.25) is 0 Å². The molecule has 0 spiro atoms. The zero-order chi connectivity index (χ0) is 16.7. The molecule has 1 aliphatic heterocycles. The number of rotatable bonds is 2. The highest BCUT2D eigenvalue weighted by atomic mass is 16.1. The average molecular weight is 318 g/mol. The number of aryl methyl sites for hydroxylation is 1. The fourth-order valence-corrected chi connectivity index (χ4v) is 3.51. The number of nitrogens with zero attached hydrogens (tertiary/aromatic N) is 3. The third kappa shape index (κ3) is 2.28. The van der Waals surface area contributed by atoms with Crippen molar-refractivity contribution in [3.8, 4) is 12.3 Å². The summed E-state index contributed by atoms with van der Waals surface area (Å²) < 4.78 is 1.98. The van der Waals surface area contributed by atoms with Crippen molar-refractivity contribution < 1.29 is 0 Å². The molecule has 0 radical (unpaired) electrons. The first-order chi connectivity index (χ1) is 11.7. The van der Waals surface area contributed by atoms with Gasteiger partial charge in [0.15, 0.2) is 0 Å². The molecule has 0 amide bonds. The molecule has 5 nitrogen and oxygen atoms in total. The van der Waals surface area contributed by atoms with Crippen molar-refractivity contribution in [1.29, 1.82) is 0 Å². The van der Waals surface area contributed by atoms with Gasteiger partial charge < -0.3 is 9.88 Å². The number of pyridine rings is 1. The van der Waals surface area contributed by atoms with Crippen LogP contribution in [0.3, 0.4) is 0 Å². The number of H-pyrrole nitrogens is 1. The molecule has 0 unspecified atom stereocenters. The topological polar surface area (TPSA) is 53.9 Å². The standard InChI is InChI=1S/C19H18N4O/c1-3-15-18(16-11-13(2)5-6-17(16)21-19(15)24)22-10-7-14(12-22)23-9-4-8-20-23/h1,4-6,8-9,11,14H,7,10,12H2,2H3,(H,21,24)/t14-/m1/s1. The summed E-state index contributed by atoms with van der Waals surface area (Å²) in [5.41, 5.74) is 3.04.